The average Bonchev–Trinajstić information content (AvgIpc) is 2.48. The Hall–Kier alpha value is -1.68. The highest BCUT2D eigenvalue weighted by molar-refractivity contribution is 7.97. The molecule has 4 heteroatoms. The molecule has 0 saturated carbocycles. The van der Waals surface area contributed by atoms with E-state index in [1.165, 1.54) is 17.5 Å². The Balaban J connectivity index is 2.91. The molecule has 0 saturated heterocycles. The van der Waals surface area contributed by atoms with E-state index in [9.17, 15) is 9.90 Å². The zero-order chi connectivity index (χ0) is 17.5. The molecule has 0 aliphatic rings. The fourth-order valence-corrected chi connectivity index (χ4v) is 2.80. The number of carbonyl (C=O) groups is 1. The summed E-state index contributed by atoms with van der Waals surface area (Å²) in [7, 11) is 0. The van der Waals surface area contributed by atoms with Crippen molar-refractivity contribution in [1.29, 1.82) is 0 Å². The Morgan fingerprint density at radius 3 is 2.30 bits per heavy atom. The van der Waals surface area contributed by atoms with Crippen LogP contribution in [0.1, 0.15) is 53.0 Å². The minimum Gasteiger partial charge on any atom is -0.478 e. The number of hydrogen-bond donors (Lipinski definition) is 2. The van der Waals surface area contributed by atoms with Gasteiger partial charge in [-0.3, -0.25) is 0 Å². The zero-order valence-corrected chi connectivity index (χ0v) is 15.5. The fourth-order valence-electron chi connectivity index (χ4n) is 2.11. The van der Waals surface area contributed by atoms with Crippen molar-refractivity contribution in [2.24, 2.45) is 0 Å². The monoisotopic (exact) mass is 333 g/mol. The molecular formula is C19H27NO2S. The number of carboxylic acids is 1. The minimum absolute atomic E-state index is 0.129. The molecule has 126 valence electrons. The van der Waals surface area contributed by atoms with Crippen molar-refractivity contribution >= 4 is 17.9 Å². The average molecular weight is 333 g/mol. The largest absolute Gasteiger partial charge is 0.478 e. The molecule has 0 atom stereocenters. The number of rotatable bonds is 7. The Morgan fingerprint density at radius 1 is 1.26 bits per heavy atom. The van der Waals surface area contributed by atoms with Crippen LogP contribution in [-0.4, -0.2) is 11.1 Å². The first-order valence-electron chi connectivity index (χ1n) is 7.92. The molecule has 0 aromatic heterocycles. The van der Waals surface area contributed by atoms with Gasteiger partial charge in [-0.1, -0.05) is 52.3 Å². The van der Waals surface area contributed by atoms with E-state index < -0.39 is 5.97 Å². The Morgan fingerprint density at radius 2 is 1.87 bits per heavy atom. The highest BCUT2D eigenvalue weighted by Crippen LogP contribution is 2.25. The lowest BCUT2D eigenvalue weighted by atomic mass is 9.87. The molecule has 0 aliphatic carbocycles. The van der Waals surface area contributed by atoms with Crippen LogP contribution in [0.2, 0.25) is 0 Å². The quantitative estimate of drug-likeness (QED) is 0.404. The predicted molar refractivity (Wildman–Crippen MR) is 98.5 cm³/mol. The van der Waals surface area contributed by atoms with Gasteiger partial charge in [0.2, 0.25) is 0 Å². The molecule has 1 aromatic carbocycles. The number of aliphatic carboxylic acids is 1. The van der Waals surface area contributed by atoms with E-state index in [1.54, 1.807) is 0 Å². The van der Waals surface area contributed by atoms with Crippen LogP contribution < -0.4 is 4.72 Å². The second-order valence-electron chi connectivity index (χ2n) is 6.43. The smallest absolute Gasteiger partial charge is 0.333 e. The highest BCUT2D eigenvalue weighted by Gasteiger charge is 2.14. The predicted octanol–water partition coefficient (Wildman–Crippen LogP) is 5.30. The van der Waals surface area contributed by atoms with Crippen molar-refractivity contribution in [3.63, 3.8) is 0 Å². The summed E-state index contributed by atoms with van der Waals surface area (Å²) in [4.78, 5) is 12.5. The topological polar surface area (TPSA) is 49.3 Å². The Bertz CT molecular complexity index is 580. The fraction of sp³-hybridized carbons (Fsp3) is 0.421. The Kier molecular flexibility index (Phi) is 7.43. The second-order valence-corrected chi connectivity index (χ2v) is 7.31. The van der Waals surface area contributed by atoms with E-state index in [4.69, 9.17) is 0 Å². The Labute approximate surface area is 144 Å². The van der Waals surface area contributed by atoms with Crippen LogP contribution in [0.4, 0.5) is 0 Å². The number of allylic oxidation sites excluding steroid dienone is 2. The highest BCUT2D eigenvalue weighted by atomic mass is 32.2. The molecule has 0 amide bonds. The van der Waals surface area contributed by atoms with Crippen molar-refractivity contribution in [3.05, 3.63) is 53.3 Å². The third-order valence-corrected chi connectivity index (χ3v) is 4.25. The second kappa shape index (κ2) is 8.82. The number of hydrogen-bond acceptors (Lipinski definition) is 3. The molecule has 23 heavy (non-hydrogen) atoms. The maximum Gasteiger partial charge on any atom is 0.333 e. The third kappa shape index (κ3) is 6.14. The molecule has 0 heterocycles. The summed E-state index contributed by atoms with van der Waals surface area (Å²) < 4.78 is 3.19. The van der Waals surface area contributed by atoms with E-state index in [0.717, 1.165) is 11.3 Å². The summed E-state index contributed by atoms with van der Waals surface area (Å²) >= 11 is 1.44. The van der Waals surface area contributed by atoms with Gasteiger partial charge < -0.3 is 9.83 Å². The van der Waals surface area contributed by atoms with E-state index in [2.05, 4.69) is 49.8 Å². The standard InChI is InChI=1S/C19H27NO2S/c1-6-8-16(18(21)22)17(9-7-2)20-23-15-12-10-14(11-13-15)19(3,4)5/h7,9-13,20H,6,8H2,1-5H3,(H,21,22)/b9-7-,17-16-. The lowest BCUT2D eigenvalue weighted by Crippen LogP contribution is -2.12. The van der Waals surface area contributed by atoms with Crippen molar-refractivity contribution in [2.75, 3.05) is 0 Å². The molecule has 0 fully saturated rings. The van der Waals surface area contributed by atoms with Gasteiger partial charge in [0.05, 0.1) is 11.3 Å². The van der Waals surface area contributed by atoms with Gasteiger partial charge in [0.25, 0.3) is 0 Å². The van der Waals surface area contributed by atoms with Crippen LogP contribution in [0.5, 0.6) is 0 Å². The summed E-state index contributed by atoms with van der Waals surface area (Å²) in [5, 5.41) is 9.38. The van der Waals surface area contributed by atoms with Crippen LogP contribution in [0, 0.1) is 0 Å². The van der Waals surface area contributed by atoms with Crippen molar-refractivity contribution in [2.45, 2.75) is 57.8 Å². The summed E-state index contributed by atoms with van der Waals surface area (Å²) in [5.41, 5.74) is 2.49. The molecule has 0 bridgehead atoms. The zero-order valence-electron chi connectivity index (χ0n) is 14.6. The van der Waals surface area contributed by atoms with Gasteiger partial charge >= 0.3 is 5.97 Å². The molecule has 0 aliphatic heterocycles. The van der Waals surface area contributed by atoms with Crippen LogP contribution >= 0.6 is 11.9 Å². The first-order chi connectivity index (χ1) is 10.8. The SMILES string of the molecule is C/C=C\C(NSc1ccc(C(C)(C)C)cc1)=C(/CCC)C(=O)O. The first-order valence-corrected chi connectivity index (χ1v) is 8.73. The maximum atomic E-state index is 11.4. The van der Waals surface area contributed by atoms with Gasteiger partial charge in [0, 0.05) is 4.90 Å². The van der Waals surface area contributed by atoms with Gasteiger partial charge in [-0.2, -0.15) is 0 Å². The van der Waals surface area contributed by atoms with E-state index in [0.29, 0.717) is 17.7 Å². The summed E-state index contributed by atoms with van der Waals surface area (Å²) in [6, 6.07) is 8.36. The van der Waals surface area contributed by atoms with Crippen molar-refractivity contribution < 1.29 is 9.90 Å². The molecule has 0 unspecified atom stereocenters. The minimum atomic E-state index is -0.865. The molecule has 3 nitrogen and oxygen atoms in total. The molecule has 0 radical (unpaired) electrons. The van der Waals surface area contributed by atoms with E-state index in [1.807, 2.05) is 26.0 Å². The van der Waals surface area contributed by atoms with Gasteiger partial charge in [-0.15, -0.1) is 0 Å². The summed E-state index contributed by atoms with van der Waals surface area (Å²) in [6.07, 6.45) is 5.01. The molecule has 1 rings (SSSR count). The maximum absolute atomic E-state index is 11.4. The van der Waals surface area contributed by atoms with Crippen molar-refractivity contribution in [1.82, 2.24) is 4.72 Å². The third-order valence-electron chi connectivity index (χ3n) is 3.42. The first kappa shape index (κ1) is 19.4. The van der Waals surface area contributed by atoms with Gasteiger partial charge in [-0.25, -0.2) is 4.79 Å². The number of benzene rings is 1. The van der Waals surface area contributed by atoms with Gasteiger partial charge in [0.15, 0.2) is 0 Å². The molecule has 2 N–H and O–H groups in total. The van der Waals surface area contributed by atoms with Crippen molar-refractivity contribution in [3.8, 4) is 0 Å². The van der Waals surface area contributed by atoms with Gasteiger partial charge in [-0.05, 0) is 54.5 Å². The van der Waals surface area contributed by atoms with Crippen LogP contribution in [0.25, 0.3) is 0 Å². The number of carboxylic acid groups (broad SMARTS) is 1. The molecule has 0 spiro atoms. The van der Waals surface area contributed by atoms with E-state index in [-0.39, 0.29) is 5.41 Å². The van der Waals surface area contributed by atoms with Gasteiger partial charge in [0.1, 0.15) is 0 Å². The lowest BCUT2D eigenvalue weighted by molar-refractivity contribution is -0.132. The van der Waals surface area contributed by atoms with E-state index >= 15 is 0 Å². The summed E-state index contributed by atoms with van der Waals surface area (Å²) in [5.74, 6) is -0.865. The van der Waals surface area contributed by atoms with Crippen LogP contribution in [0.15, 0.2) is 52.6 Å². The molecule has 1 aromatic rings. The summed E-state index contributed by atoms with van der Waals surface area (Å²) in [6.45, 7) is 10.4. The van der Waals surface area contributed by atoms with Crippen LogP contribution in [-0.2, 0) is 10.2 Å². The lowest BCUT2D eigenvalue weighted by Gasteiger charge is -2.19. The van der Waals surface area contributed by atoms with Crippen LogP contribution in [0.3, 0.4) is 0 Å². The number of nitrogens with one attached hydrogen (secondary N) is 1. The molecular weight excluding hydrogens is 306 g/mol. The normalized spacial score (nSPS) is 13.1.